The largest absolute Gasteiger partial charge is 0.496 e. The summed E-state index contributed by atoms with van der Waals surface area (Å²) >= 11 is 0. The molecule has 40 heavy (non-hydrogen) atoms. The summed E-state index contributed by atoms with van der Waals surface area (Å²) in [5.41, 5.74) is 1.20. The van der Waals surface area contributed by atoms with E-state index in [2.05, 4.69) is 0 Å². The van der Waals surface area contributed by atoms with Gasteiger partial charge in [-0.3, -0.25) is 14.4 Å². The predicted octanol–water partition coefficient (Wildman–Crippen LogP) is 7.41. The Balaban J connectivity index is 2.56. The fraction of sp³-hybridized carbons (Fsp3) is 0.485. The van der Waals surface area contributed by atoms with Crippen molar-refractivity contribution in [1.82, 2.24) is 0 Å². The summed E-state index contributed by atoms with van der Waals surface area (Å²) in [5.74, 6) is 0.912. The Morgan fingerprint density at radius 3 is 1.75 bits per heavy atom. The summed E-state index contributed by atoms with van der Waals surface area (Å²) in [5, 5.41) is 0. The third-order valence-corrected chi connectivity index (χ3v) is 6.12. The third kappa shape index (κ3) is 7.96. The summed E-state index contributed by atoms with van der Waals surface area (Å²) < 4.78 is 23.4. The van der Waals surface area contributed by atoms with E-state index in [1.54, 1.807) is 58.2 Å². The lowest BCUT2D eigenvalue weighted by Gasteiger charge is -2.25. The van der Waals surface area contributed by atoms with Gasteiger partial charge in [0.1, 0.15) is 23.0 Å². The lowest BCUT2D eigenvalue weighted by molar-refractivity contribution is -0.143. The van der Waals surface area contributed by atoms with Crippen molar-refractivity contribution in [2.75, 3.05) is 13.7 Å². The molecule has 2 rings (SSSR count). The fourth-order valence-corrected chi connectivity index (χ4v) is 3.78. The minimum absolute atomic E-state index is 0.239. The molecular formula is C33H44O7. The molecule has 7 nitrogen and oxygen atoms in total. The first-order chi connectivity index (χ1) is 18.7. The highest BCUT2D eigenvalue weighted by Crippen LogP contribution is 2.46. The molecule has 0 fully saturated rings. The highest BCUT2D eigenvalue weighted by molar-refractivity contribution is 6.07. The van der Waals surface area contributed by atoms with E-state index in [4.69, 9.17) is 18.9 Å². The van der Waals surface area contributed by atoms with Crippen LogP contribution in [-0.4, -0.2) is 31.4 Å². The standard InChI is InChI=1S/C33H44O7/c1-11-20-38-28-24(13-3)29(40-31(36)33(7,8)9)23(12-2)27(37-10)25(28)18-19-26(34)21-14-16-22(17-15-21)39-30(35)32(4,5)6/h14-19H,11-13,20H2,1-10H3. The maximum absolute atomic E-state index is 13.1. The van der Waals surface area contributed by atoms with Crippen molar-refractivity contribution in [1.29, 1.82) is 0 Å². The van der Waals surface area contributed by atoms with Crippen LogP contribution in [0.1, 0.15) is 95.8 Å². The average molecular weight is 553 g/mol. The lowest BCUT2D eigenvalue weighted by atomic mass is 9.94. The number of esters is 2. The monoisotopic (exact) mass is 552 g/mol. The van der Waals surface area contributed by atoms with Crippen molar-refractivity contribution in [3.05, 3.63) is 52.6 Å². The van der Waals surface area contributed by atoms with E-state index >= 15 is 0 Å². The minimum atomic E-state index is -0.695. The van der Waals surface area contributed by atoms with Gasteiger partial charge in [0.15, 0.2) is 5.78 Å². The Morgan fingerprint density at radius 2 is 1.27 bits per heavy atom. The van der Waals surface area contributed by atoms with E-state index < -0.39 is 10.8 Å². The summed E-state index contributed by atoms with van der Waals surface area (Å²) in [7, 11) is 1.55. The van der Waals surface area contributed by atoms with E-state index in [0.29, 0.717) is 53.6 Å². The first-order valence-electron chi connectivity index (χ1n) is 13.8. The van der Waals surface area contributed by atoms with Gasteiger partial charge >= 0.3 is 11.9 Å². The van der Waals surface area contributed by atoms with Crippen LogP contribution in [0.25, 0.3) is 6.08 Å². The quantitative estimate of drug-likeness (QED) is 0.124. The van der Waals surface area contributed by atoms with Crippen LogP contribution in [0.5, 0.6) is 23.0 Å². The van der Waals surface area contributed by atoms with Crippen LogP contribution >= 0.6 is 0 Å². The van der Waals surface area contributed by atoms with Gasteiger partial charge in [-0.15, -0.1) is 0 Å². The van der Waals surface area contributed by atoms with E-state index in [-0.39, 0.29) is 17.7 Å². The number of methoxy groups -OCH3 is 1. The molecule has 0 saturated heterocycles. The molecule has 0 radical (unpaired) electrons. The number of benzene rings is 2. The zero-order chi connectivity index (χ0) is 30.3. The molecule has 0 heterocycles. The Morgan fingerprint density at radius 1 is 0.750 bits per heavy atom. The molecule has 7 heteroatoms. The van der Waals surface area contributed by atoms with Gasteiger partial charge in [0, 0.05) is 16.7 Å². The third-order valence-electron chi connectivity index (χ3n) is 6.12. The summed E-state index contributed by atoms with van der Waals surface area (Å²) in [6, 6.07) is 6.44. The number of carbonyl (C=O) groups is 3. The average Bonchev–Trinajstić information content (AvgIpc) is 2.89. The number of ketones is 1. The number of rotatable bonds is 11. The first-order valence-corrected chi connectivity index (χ1v) is 13.8. The smallest absolute Gasteiger partial charge is 0.316 e. The molecule has 0 N–H and O–H groups in total. The van der Waals surface area contributed by atoms with Crippen LogP contribution in [0.3, 0.4) is 0 Å². The van der Waals surface area contributed by atoms with Crippen molar-refractivity contribution < 1.29 is 33.3 Å². The van der Waals surface area contributed by atoms with Crippen LogP contribution in [0, 0.1) is 10.8 Å². The topological polar surface area (TPSA) is 88.1 Å². The lowest BCUT2D eigenvalue weighted by Crippen LogP contribution is -2.26. The fourth-order valence-electron chi connectivity index (χ4n) is 3.78. The van der Waals surface area contributed by atoms with Gasteiger partial charge in [-0.25, -0.2) is 0 Å². The van der Waals surface area contributed by atoms with E-state index in [1.165, 1.54) is 6.08 Å². The van der Waals surface area contributed by atoms with Crippen LogP contribution in [0.15, 0.2) is 30.3 Å². The van der Waals surface area contributed by atoms with Gasteiger partial charge in [-0.05, 0) is 97.2 Å². The number of allylic oxidation sites excluding steroid dienone is 1. The minimum Gasteiger partial charge on any atom is -0.496 e. The van der Waals surface area contributed by atoms with E-state index in [9.17, 15) is 14.4 Å². The highest BCUT2D eigenvalue weighted by Gasteiger charge is 2.30. The molecule has 0 bridgehead atoms. The second-order valence-electron chi connectivity index (χ2n) is 11.6. The molecule has 0 atom stereocenters. The Labute approximate surface area is 238 Å². The van der Waals surface area contributed by atoms with Crippen molar-refractivity contribution in [3.63, 3.8) is 0 Å². The molecule has 2 aromatic rings. The van der Waals surface area contributed by atoms with E-state index in [1.807, 2.05) is 41.5 Å². The van der Waals surface area contributed by atoms with Gasteiger partial charge in [-0.1, -0.05) is 20.8 Å². The second kappa shape index (κ2) is 13.6. The number of ether oxygens (including phenoxy) is 4. The van der Waals surface area contributed by atoms with Gasteiger partial charge in [0.05, 0.1) is 30.1 Å². The highest BCUT2D eigenvalue weighted by atomic mass is 16.5. The summed E-state index contributed by atoms with van der Waals surface area (Å²) in [6.07, 6.45) is 5.01. The van der Waals surface area contributed by atoms with Crippen LogP contribution in [0.2, 0.25) is 0 Å². The molecule has 0 unspecified atom stereocenters. The molecule has 0 aliphatic rings. The molecule has 0 saturated carbocycles. The maximum Gasteiger partial charge on any atom is 0.316 e. The van der Waals surface area contributed by atoms with Crippen LogP contribution < -0.4 is 18.9 Å². The van der Waals surface area contributed by atoms with Crippen LogP contribution in [0.4, 0.5) is 0 Å². The number of hydrogen-bond acceptors (Lipinski definition) is 7. The maximum atomic E-state index is 13.1. The Hall–Kier alpha value is -3.61. The van der Waals surface area contributed by atoms with Crippen molar-refractivity contribution in [2.24, 2.45) is 10.8 Å². The van der Waals surface area contributed by atoms with Gasteiger partial charge in [-0.2, -0.15) is 0 Å². The molecule has 0 aliphatic heterocycles. The molecule has 0 aromatic heterocycles. The van der Waals surface area contributed by atoms with Crippen LogP contribution in [-0.2, 0) is 22.4 Å². The van der Waals surface area contributed by atoms with Crippen molar-refractivity contribution in [2.45, 2.75) is 81.6 Å². The second-order valence-corrected chi connectivity index (χ2v) is 11.6. The zero-order valence-electron chi connectivity index (χ0n) is 25.7. The molecule has 2 aromatic carbocycles. The van der Waals surface area contributed by atoms with Crippen molar-refractivity contribution in [3.8, 4) is 23.0 Å². The molecule has 0 amide bonds. The first kappa shape index (κ1) is 32.6. The van der Waals surface area contributed by atoms with E-state index in [0.717, 1.165) is 17.5 Å². The SMILES string of the molecule is CCCOc1c(C=CC(=O)c2ccc(OC(=O)C(C)(C)C)cc2)c(OC)c(CC)c(OC(=O)C(C)(C)C)c1CC. The summed E-state index contributed by atoms with van der Waals surface area (Å²) in [6.45, 7) is 17.1. The normalized spacial score (nSPS) is 11.8. The van der Waals surface area contributed by atoms with Crippen molar-refractivity contribution >= 4 is 23.8 Å². The Bertz CT molecular complexity index is 1240. The molecule has 0 spiro atoms. The van der Waals surface area contributed by atoms with Gasteiger partial charge in [0.2, 0.25) is 0 Å². The molecular weight excluding hydrogens is 508 g/mol. The van der Waals surface area contributed by atoms with Gasteiger partial charge in [0.25, 0.3) is 0 Å². The van der Waals surface area contributed by atoms with Gasteiger partial charge < -0.3 is 18.9 Å². The zero-order valence-corrected chi connectivity index (χ0v) is 25.7. The Kier molecular flexibility index (Phi) is 11.1. The molecule has 218 valence electrons. The predicted molar refractivity (Wildman–Crippen MR) is 158 cm³/mol. The number of hydrogen-bond donors (Lipinski definition) is 0. The summed E-state index contributed by atoms with van der Waals surface area (Å²) in [4.78, 5) is 38.2. The number of carbonyl (C=O) groups excluding carboxylic acids is 3. The molecule has 0 aliphatic carbocycles.